The zero-order chi connectivity index (χ0) is 13.7. The summed E-state index contributed by atoms with van der Waals surface area (Å²) < 4.78 is 0. The van der Waals surface area contributed by atoms with E-state index in [0.717, 1.165) is 29.6 Å². The molecular weight excluding hydrogens is 228 g/mol. The summed E-state index contributed by atoms with van der Waals surface area (Å²) in [6.07, 6.45) is 0. The summed E-state index contributed by atoms with van der Waals surface area (Å²) >= 11 is 0. The van der Waals surface area contributed by atoms with Crippen LogP contribution in [0.15, 0.2) is 0 Å². The minimum absolute atomic E-state index is 0.164. The van der Waals surface area contributed by atoms with Gasteiger partial charge in [0.2, 0.25) is 0 Å². The first-order valence-corrected chi connectivity index (χ1v) is 6.46. The Morgan fingerprint density at radius 2 is 1.78 bits per heavy atom. The van der Waals surface area contributed by atoms with E-state index in [4.69, 9.17) is 5.11 Å². The van der Waals surface area contributed by atoms with Crippen molar-refractivity contribution in [3.63, 3.8) is 0 Å². The zero-order valence-corrected chi connectivity index (χ0v) is 11.9. The van der Waals surface area contributed by atoms with Crippen molar-refractivity contribution in [3.05, 3.63) is 11.4 Å². The second kappa shape index (κ2) is 6.54. The van der Waals surface area contributed by atoms with E-state index in [1.165, 1.54) is 0 Å². The molecule has 0 spiro atoms. The Bertz CT molecular complexity index is 395. The first-order chi connectivity index (χ1) is 8.49. The van der Waals surface area contributed by atoms with Crippen molar-refractivity contribution in [2.24, 2.45) is 5.92 Å². The number of aliphatic hydroxyl groups is 1. The number of aromatic nitrogens is 2. The maximum Gasteiger partial charge on any atom is 0.134 e. The predicted octanol–water partition coefficient (Wildman–Crippen LogP) is 1.95. The lowest BCUT2D eigenvalue weighted by molar-refractivity contribution is 0.226. The molecule has 102 valence electrons. The van der Waals surface area contributed by atoms with Gasteiger partial charge in [-0.1, -0.05) is 6.92 Å². The van der Waals surface area contributed by atoms with Gasteiger partial charge in [0.1, 0.15) is 17.5 Å². The van der Waals surface area contributed by atoms with Crippen molar-refractivity contribution in [1.29, 1.82) is 0 Å². The fourth-order valence-corrected chi connectivity index (χ4v) is 1.62. The SMILES string of the molecule is CCNc1nc(C)nc(NC(C)C(C)CO)c1C. The van der Waals surface area contributed by atoms with Gasteiger partial charge in [-0.3, -0.25) is 0 Å². The van der Waals surface area contributed by atoms with Gasteiger partial charge in [-0.05, 0) is 33.6 Å². The van der Waals surface area contributed by atoms with Crippen LogP contribution in [-0.2, 0) is 0 Å². The second-order valence-corrected chi connectivity index (χ2v) is 4.72. The van der Waals surface area contributed by atoms with E-state index in [1.54, 1.807) is 0 Å². The Balaban J connectivity index is 2.94. The van der Waals surface area contributed by atoms with Gasteiger partial charge in [0.05, 0.1) is 0 Å². The van der Waals surface area contributed by atoms with Crippen LogP contribution in [0.2, 0.25) is 0 Å². The number of nitrogens with zero attached hydrogens (tertiary/aromatic N) is 2. The Labute approximate surface area is 109 Å². The highest BCUT2D eigenvalue weighted by Gasteiger charge is 2.15. The number of rotatable bonds is 6. The lowest BCUT2D eigenvalue weighted by atomic mass is 10.1. The second-order valence-electron chi connectivity index (χ2n) is 4.72. The molecular formula is C13H24N4O. The molecule has 0 aromatic carbocycles. The summed E-state index contributed by atoms with van der Waals surface area (Å²) in [6, 6.07) is 0.164. The van der Waals surface area contributed by atoms with Gasteiger partial charge in [0, 0.05) is 24.8 Å². The van der Waals surface area contributed by atoms with Gasteiger partial charge in [-0.15, -0.1) is 0 Å². The largest absolute Gasteiger partial charge is 0.396 e. The Kier molecular flexibility index (Phi) is 5.34. The van der Waals surface area contributed by atoms with Crippen LogP contribution in [-0.4, -0.2) is 34.3 Å². The smallest absolute Gasteiger partial charge is 0.134 e. The molecule has 0 aliphatic rings. The van der Waals surface area contributed by atoms with Gasteiger partial charge in [0.25, 0.3) is 0 Å². The van der Waals surface area contributed by atoms with Crippen molar-refractivity contribution < 1.29 is 5.11 Å². The molecule has 1 heterocycles. The number of nitrogens with one attached hydrogen (secondary N) is 2. The minimum Gasteiger partial charge on any atom is -0.396 e. The summed E-state index contributed by atoms with van der Waals surface area (Å²) in [4.78, 5) is 8.81. The van der Waals surface area contributed by atoms with Crippen LogP contribution in [0.1, 0.15) is 32.2 Å². The molecule has 5 nitrogen and oxygen atoms in total. The van der Waals surface area contributed by atoms with Gasteiger partial charge in [-0.2, -0.15) is 0 Å². The standard InChI is InChI=1S/C13H24N4O/c1-6-14-12-9(3)13(17-11(5)16-12)15-10(4)8(2)7-18/h8,10,18H,6-7H2,1-5H3,(H2,14,15,16,17). The Hall–Kier alpha value is -1.36. The zero-order valence-electron chi connectivity index (χ0n) is 11.9. The van der Waals surface area contributed by atoms with Gasteiger partial charge < -0.3 is 15.7 Å². The predicted molar refractivity (Wildman–Crippen MR) is 75.0 cm³/mol. The number of anilines is 2. The number of hydrogen-bond donors (Lipinski definition) is 3. The average molecular weight is 252 g/mol. The fraction of sp³-hybridized carbons (Fsp3) is 0.692. The van der Waals surface area contributed by atoms with E-state index in [-0.39, 0.29) is 18.6 Å². The van der Waals surface area contributed by atoms with Crippen LogP contribution >= 0.6 is 0 Å². The first-order valence-electron chi connectivity index (χ1n) is 6.46. The molecule has 0 amide bonds. The van der Waals surface area contributed by atoms with Crippen molar-refractivity contribution in [2.45, 2.75) is 40.7 Å². The lowest BCUT2D eigenvalue weighted by Crippen LogP contribution is -2.27. The molecule has 3 N–H and O–H groups in total. The van der Waals surface area contributed by atoms with E-state index in [2.05, 4.69) is 20.6 Å². The van der Waals surface area contributed by atoms with E-state index in [0.29, 0.717) is 0 Å². The van der Waals surface area contributed by atoms with E-state index >= 15 is 0 Å². The van der Waals surface area contributed by atoms with Crippen LogP contribution in [0.25, 0.3) is 0 Å². The Morgan fingerprint density at radius 3 is 2.33 bits per heavy atom. The van der Waals surface area contributed by atoms with E-state index < -0.39 is 0 Å². The maximum absolute atomic E-state index is 9.16. The maximum atomic E-state index is 9.16. The van der Waals surface area contributed by atoms with Gasteiger partial charge in [-0.25, -0.2) is 9.97 Å². The van der Waals surface area contributed by atoms with Crippen LogP contribution in [0.4, 0.5) is 11.6 Å². The molecule has 0 saturated carbocycles. The molecule has 2 unspecified atom stereocenters. The summed E-state index contributed by atoms with van der Waals surface area (Å²) in [5, 5.41) is 15.7. The first kappa shape index (κ1) is 14.7. The van der Waals surface area contributed by atoms with Crippen molar-refractivity contribution in [3.8, 4) is 0 Å². The summed E-state index contributed by atoms with van der Waals surface area (Å²) in [6.45, 7) is 11.0. The molecule has 2 atom stereocenters. The van der Waals surface area contributed by atoms with Crippen molar-refractivity contribution in [1.82, 2.24) is 9.97 Å². The van der Waals surface area contributed by atoms with E-state index in [1.807, 2.05) is 34.6 Å². The molecule has 1 aromatic heterocycles. The van der Waals surface area contributed by atoms with Crippen molar-refractivity contribution in [2.75, 3.05) is 23.8 Å². The third-order valence-corrected chi connectivity index (χ3v) is 3.11. The highest BCUT2D eigenvalue weighted by molar-refractivity contribution is 5.57. The highest BCUT2D eigenvalue weighted by Crippen LogP contribution is 2.21. The molecule has 1 aromatic rings. The highest BCUT2D eigenvalue weighted by atomic mass is 16.3. The monoisotopic (exact) mass is 252 g/mol. The topological polar surface area (TPSA) is 70.1 Å². The lowest BCUT2D eigenvalue weighted by Gasteiger charge is -2.22. The average Bonchev–Trinajstić information content (AvgIpc) is 2.34. The number of aryl methyl sites for hydroxylation is 1. The van der Waals surface area contributed by atoms with Crippen LogP contribution < -0.4 is 10.6 Å². The molecule has 0 saturated heterocycles. The van der Waals surface area contributed by atoms with Gasteiger partial charge >= 0.3 is 0 Å². The van der Waals surface area contributed by atoms with Crippen LogP contribution in [0, 0.1) is 19.8 Å². The summed E-state index contributed by atoms with van der Waals surface area (Å²) in [5.74, 6) is 2.63. The van der Waals surface area contributed by atoms with Crippen LogP contribution in [0.3, 0.4) is 0 Å². The number of aliphatic hydroxyl groups excluding tert-OH is 1. The molecule has 0 fully saturated rings. The third kappa shape index (κ3) is 3.57. The molecule has 0 radical (unpaired) electrons. The molecule has 0 aliphatic carbocycles. The molecule has 0 bridgehead atoms. The van der Waals surface area contributed by atoms with Crippen molar-refractivity contribution >= 4 is 11.6 Å². The molecule has 5 heteroatoms. The normalized spacial score (nSPS) is 14.1. The Morgan fingerprint density at radius 1 is 1.17 bits per heavy atom. The van der Waals surface area contributed by atoms with Gasteiger partial charge in [0.15, 0.2) is 0 Å². The minimum atomic E-state index is 0.164. The van der Waals surface area contributed by atoms with Crippen LogP contribution in [0.5, 0.6) is 0 Å². The summed E-state index contributed by atoms with van der Waals surface area (Å²) in [7, 11) is 0. The number of hydrogen-bond acceptors (Lipinski definition) is 5. The summed E-state index contributed by atoms with van der Waals surface area (Å²) in [5.41, 5.74) is 1.01. The third-order valence-electron chi connectivity index (χ3n) is 3.11. The fourth-order valence-electron chi connectivity index (χ4n) is 1.62. The quantitative estimate of drug-likeness (QED) is 0.722. The molecule has 18 heavy (non-hydrogen) atoms. The molecule has 0 aliphatic heterocycles. The van der Waals surface area contributed by atoms with E-state index in [9.17, 15) is 0 Å². The molecule has 1 rings (SSSR count).